The molecular weight excluding hydrogens is 374 g/mol. The maximum atomic E-state index is 5.69. The number of hydrogen-bond donors (Lipinski definition) is 2. The summed E-state index contributed by atoms with van der Waals surface area (Å²) in [5.41, 5.74) is 4.52. The van der Waals surface area contributed by atoms with Gasteiger partial charge in [0.15, 0.2) is 0 Å². The molecule has 0 aliphatic rings. The van der Waals surface area contributed by atoms with Crippen LogP contribution in [0, 0.1) is 0 Å². The van der Waals surface area contributed by atoms with E-state index in [1.807, 2.05) is 30.3 Å². The fourth-order valence-electron chi connectivity index (χ4n) is 1.86. The zero-order chi connectivity index (χ0) is 13.8. The molecule has 19 heavy (non-hydrogen) atoms. The average Bonchev–Trinajstić information content (AvgIpc) is 2.42. The summed E-state index contributed by atoms with van der Waals surface area (Å²) in [5.74, 6) is 6.46. The molecule has 0 spiro atoms. The number of para-hydroxylation sites is 1. The van der Waals surface area contributed by atoms with Crippen molar-refractivity contribution in [3.8, 4) is 5.75 Å². The van der Waals surface area contributed by atoms with Crippen molar-refractivity contribution in [3.63, 3.8) is 0 Å². The smallest absolute Gasteiger partial charge is 0.124 e. The lowest BCUT2D eigenvalue weighted by Crippen LogP contribution is -2.30. The van der Waals surface area contributed by atoms with Crippen molar-refractivity contribution in [2.75, 3.05) is 7.11 Å². The number of hydrazine groups is 1. The summed E-state index contributed by atoms with van der Waals surface area (Å²) >= 11 is 6.89. The predicted octanol–water partition coefficient (Wildman–Crippen LogP) is 3.17. The standard InChI is InChI=1S/C13H13Br2N3O/c1-19-11-5-3-2-4-9(11)12(18-16)13-10(15)6-8(14)7-17-13/h2-7,12,18H,16H2,1H3. The summed E-state index contributed by atoms with van der Waals surface area (Å²) in [6.45, 7) is 0. The van der Waals surface area contributed by atoms with Crippen molar-refractivity contribution in [2.24, 2.45) is 5.84 Å². The van der Waals surface area contributed by atoms with E-state index < -0.39 is 0 Å². The van der Waals surface area contributed by atoms with Crippen LogP contribution >= 0.6 is 31.9 Å². The Hall–Kier alpha value is -0.950. The van der Waals surface area contributed by atoms with E-state index in [2.05, 4.69) is 42.3 Å². The van der Waals surface area contributed by atoms with Gasteiger partial charge in [0.2, 0.25) is 0 Å². The normalized spacial score (nSPS) is 12.2. The number of nitrogens with two attached hydrogens (primary N) is 1. The topological polar surface area (TPSA) is 60.2 Å². The van der Waals surface area contributed by atoms with Crippen LogP contribution in [0.1, 0.15) is 17.3 Å². The van der Waals surface area contributed by atoms with E-state index in [4.69, 9.17) is 10.6 Å². The molecule has 6 heteroatoms. The number of halogens is 2. The molecule has 0 saturated heterocycles. The maximum absolute atomic E-state index is 5.69. The Morgan fingerprint density at radius 1 is 1.32 bits per heavy atom. The second-order valence-corrected chi connectivity index (χ2v) is 5.63. The van der Waals surface area contributed by atoms with Gasteiger partial charge in [-0.3, -0.25) is 10.8 Å². The number of hydrogen-bond acceptors (Lipinski definition) is 4. The Balaban J connectivity index is 2.50. The predicted molar refractivity (Wildman–Crippen MR) is 81.8 cm³/mol. The van der Waals surface area contributed by atoms with Gasteiger partial charge in [-0.05, 0) is 44.0 Å². The van der Waals surface area contributed by atoms with Gasteiger partial charge < -0.3 is 4.74 Å². The molecule has 1 atom stereocenters. The molecule has 0 aliphatic heterocycles. The second kappa shape index (κ2) is 6.47. The Labute approximate surface area is 128 Å². The van der Waals surface area contributed by atoms with Crippen LogP contribution < -0.4 is 16.0 Å². The summed E-state index contributed by atoms with van der Waals surface area (Å²) in [5, 5.41) is 0. The van der Waals surface area contributed by atoms with E-state index >= 15 is 0 Å². The third-order valence-corrected chi connectivity index (χ3v) is 3.80. The molecule has 100 valence electrons. The van der Waals surface area contributed by atoms with E-state index in [1.54, 1.807) is 13.3 Å². The van der Waals surface area contributed by atoms with Gasteiger partial charge in [0, 0.05) is 20.7 Å². The zero-order valence-electron chi connectivity index (χ0n) is 10.2. The van der Waals surface area contributed by atoms with Crippen LogP contribution in [0.3, 0.4) is 0 Å². The molecule has 1 unspecified atom stereocenters. The van der Waals surface area contributed by atoms with Crippen LogP contribution in [-0.4, -0.2) is 12.1 Å². The number of methoxy groups -OCH3 is 1. The SMILES string of the molecule is COc1ccccc1C(NN)c1ncc(Br)cc1Br. The molecule has 0 amide bonds. The Kier molecular flexibility index (Phi) is 4.93. The molecule has 0 aliphatic carbocycles. The highest BCUT2D eigenvalue weighted by atomic mass is 79.9. The lowest BCUT2D eigenvalue weighted by atomic mass is 10.0. The summed E-state index contributed by atoms with van der Waals surface area (Å²) in [6, 6.07) is 9.39. The molecule has 1 heterocycles. The lowest BCUT2D eigenvalue weighted by molar-refractivity contribution is 0.403. The highest BCUT2D eigenvalue weighted by Gasteiger charge is 2.20. The summed E-state index contributed by atoms with van der Waals surface area (Å²) in [6.07, 6.45) is 1.74. The fourth-order valence-corrected chi connectivity index (χ4v) is 3.07. The number of pyridine rings is 1. The first-order valence-electron chi connectivity index (χ1n) is 5.57. The molecule has 0 fully saturated rings. The molecule has 0 saturated carbocycles. The lowest BCUT2D eigenvalue weighted by Gasteiger charge is -2.19. The number of rotatable bonds is 4. The zero-order valence-corrected chi connectivity index (χ0v) is 13.4. The van der Waals surface area contributed by atoms with Gasteiger partial charge in [-0.1, -0.05) is 18.2 Å². The van der Waals surface area contributed by atoms with Crippen LogP contribution in [0.2, 0.25) is 0 Å². The highest BCUT2D eigenvalue weighted by Crippen LogP contribution is 2.32. The largest absolute Gasteiger partial charge is 0.496 e. The molecule has 3 N–H and O–H groups in total. The molecule has 0 radical (unpaired) electrons. The first kappa shape index (κ1) is 14.5. The molecule has 2 rings (SSSR count). The average molecular weight is 387 g/mol. The number of benzene rings is 1. The van der Waals surface area contributed by atoms with Gasteiger partial charge >= 0.3 is 0 Å². The molecule has 0 bridgehead atoms. The summed E-state index contributed by atoms with van der Waals surface area (Å²) in [7, 11) is 1.64. The molecule has 1 aromatic carbocycles. The molecule has 4 nitrogen and oxygen atoms in total. The quantitative estimate of drug-likeness (QED) is 0.625. The van der Waals surface area contributed by atoms with Crippen molar-refractivity contribution >= 4 is 31.9 Å². The first-order valence-corrected chi connectivity index (χ1v) is 7.16. The van der Waals surface area contributed by atoms with E-state index in [-0.39, 0.29) is 6.04 Å². The van der Waals surface area contributed by atoms with E-state index in [0.717, 1.165) is 26.0 Å². The van der Waals surface area contributed by atoms with Gasteiger partial charge in [-0.25, -0.2) is 5.43 Å². The van der Waals surface area contributed by atoms with Crippen molar-refractivity contribution in [3.05, 3.63) is 56.7 Å². The monoisotopic (exact) mass is 385 g/mol. The van der Waals surface area contributed by atoms with Gasteiger partial charge in [-0.15, -0.1) is 0 Å². The van der Waals surface area contributed by atoms with Crippen LogP contribution in [0.15, 0.2) is 45.5 Å². The number of nitrogens with one attached hydrogen (secondary N) is 1. The first-order chi connectivity index (χ1) is 9.17. The fraction of sp³-hybridized carbons (Fsp3) is 0.154. The van der Waals surface area contributed by atoms with Crippen LogP contribution in [0.25, 0.3) is 0 Å². The third-order valence-electron chi connectivity index (χ3n) is 2.73. The summed E-state index contributed by atoms with van der Waals surface area (Å²) in [4.78, 5) is 4.41. The minimum atomic E-state index is -0.251. The van der Waals surface area contributed by atoms with E-state index in [1.165, 1.54) is 0 Å². The third kappa shape index (κ3) is 3.14. The molecule has 2 aromatic rings. The Morgan fingerprint density at radius 2 is 2.05 bits per heavy atom. The Bertz CT molecular complexity index is 578. The maximum Gasteiger partial charge on any atom is 0.124 e. The van der Waals surface area contributed by atoms with Gasteiger partial charge in [0.25, 0.3) is 0 Å². The summed E-state index contributed by atoms with van der Waals surface area (Å²) < 4.78 is 7.14. The van der Waals surface area contributed by atoms with Crippen LogP contribution in [0.4, 0.5) is 0 Å². The van der Waals surface area contributed by atoms with Crippen LogP contribution in [-0.2, 0) is 0 Å². The second-order valence-electron chi connectivity index (χ2n) is 3.86. The number of aromatic nitrogens is 1. The van der Waals surface area contributed by atoms with Gasteiger partial charge in [-0.2, -0.15) is 0 Å². The number of ether oxygens (including phenoxy) is 1. The van der Waals surface area contributed by atoms with Gasteiger partial charge in [0.1, 0.15) is 5.75 Å². The molecule has 1 aromatic heterocycles. The van der Waals surface area contributed by atoms with E-state index in [9.17, 15) is 0 Å². The van der Waals surface area contributed by atoms with Crippen molar-refractivity contribution in [1.82, 2.24) is 10.4 Å². The number of nitrogens with zero attached hydrogens (tertiary/aromatic N) is 1. The highest BCUT2D eigenvalue weighted by molar-refractivity contribution is 9.11. The minimum Gasteiger partial charge on any atom is -0.496 e. The van der Waals surface area contributed by atoms with Crippen molar-refractivity contribution in [2.45, 2.75) is 6.04 Å². The van der Waals surface area contributed by atoms with E-state index in [0.29, 0.717) is 0 Å². The van der Waals surface area contributed by atoms with Crippen molar-refractivity contribution < 1.29 is 4.74 Å². The van der Waals surface area contributed by atoms with Crippen molar-refractivity contribution in [1.29, 1.82) is 0 Å². The Morgan fingerprint density at radius 3 is 2.68 bits per heavy atom. The van der Waals surface area contributed by atoms with Crippen LogP contribution in [0.5, 0.6) is 5.75 Å². The molecular formula is C13H13Br2N3O. The van der Waals surface area contributed by atoms with Gasteiger partial charge in [0.05, 0.1) is 18.8 Å². The minimum absolute atomic E-state index is 0.251.